The van der Waals surface area contributed by atoms with E-state index < -0.39 is 0 Å². The highest BCUT2D eigenvalue weighted by atomic mass is 35.5. The summed E-state index contributed by atoms with van der Waals surface area (Å²) in [5.74, 6) is 1.37. The summed E-state index contributed by atoms with van der Waals surface area (Å²) in [4.78, 5) is 4.32. The largest absolute Gasteiger partial charge is 0.492 e. The Hall–Kier alpha value is -1.71. The van der Waals surface area contributed by atoms with Gasteiger partial charge in [-0.3, -0.25) is 4.99 Å². The second kappa shape index (κ2) is 9.34. The normalized spacial score (nSPS) is 10.9. The van der Waals surface area contributed by atoms with Crippen molar-refractivity contribution in [3.63, 3.8) is 0 Å². The molecular weight excluding hydrogens is 319 g/mol. The van der Waals surface area contributed by atoms with Crippen LogP contribution in [0.5, 0.6) is 5.75 Å². The Morgan fingerprint density at radius 1 is 1.18 bits per heavy atom. The highest BCUT2D eigenvalue weighted by Crippen LogP contribution is 2.16. The van der Waals surface area contributed by atoms with Crippen LogP contribution in [0.4, 0.5) is 0 Å². The lowest BCUT2D eigenvalue weighted by molar-refractivity contribution is 0.328. The third-order valence-corrected chi connectivity index (χ3v) is 3.17. The molecule has 0 spiro atoms. The zero-order chi connectivity index (χ0) is 15.1. The summed E-state index contributed by atoms with van der Waals surface area (Å²) in [5, 5.41) is 0.662. The van der Waals surface area contributed by atoms with E-state index in [4.69, 9.17) is 22.1 Å². The average molecular weight is 339 g/mol. The lowest BCUT2D eigenvalue weighted by atomic mass is 10.1. The van der Waals surface area contributed by atoms with Crippen LogP contribution in [0.1, 0.15) is 11.1 Å². The van der Waals surface area contributed by atoms with Crippen molar-refractivity contribution in [1.29, 1.82) is 0 Å². The average Bonchev–Trinajstić information content (AvgIpc) is 2.44. The van der Waals surface area contributed by atoms with Gasteiger partial charge in [0.25, 0.3) is 0 Å². The molecule has 118 valence electrons. The van der Waals surface area contributed by atoms with Crippen molar-refractivity contribution < 1.29 is 4.74 Å². The molecule has 2 rings (SSSR count). The Bertz CT molecular complexity index is 630. The van der Waals surface area contributed by atoms with Crippen molar-refractivity contribution in [3.05, 3.63) is 64.7 Å². The summed E-state index contributed by atoms with van der Waals surface area (Å²) in [6, 6.07) is 15.6. The number of aliphatic imine (C=N–C) groups is 1. The summed E-state index contributed by atoms with van der Waals surface area (Å²) >= 11 is 5.88. The van der Waals surface area contributed by atoms with E-state index in [1.807, 2.05) is 24.3 Å². The Balaban J connectivity index is 0.00000242. The van der Waals surface area contributed by atoms with Gasteiger partial charge in [0.2, 0.25) is 0 Å². The highest BCUT2D eigenvalue weighted by molar-refractivity contribution is 6.30. The molecule has 22 heavy (non-hydrogen) atoms. The molecule has 2 aromatic carbocycles. The van der Waals surface area contributed by atoms with Gasteiger partial charge >= 0.3 is 0 Å². The van der Waals surface area contributed by atoms with Crippen LogP contribution in [0.25, 0.3) is 0 Å². The van der Waals surface area contributed by atoms with Gasteiger partial charge in [-0.1, -0.05) is 47.5 Å². The maximum atomic E-state index is 5.93. The number of halogens is 2. The summed E-state index contributed by atoms with van der Waals surface area (Å²) in [6.45, 7) is 3.08. The molecule has 0 aliphatic carbocycles. The quantitative estimate of drug-likeness (QED) is 0.490. The molecule has 0 amide bonds. The standard InChI is InChI=1S/C17H19ClN2O.ClH/c1-13-4-2-5-14(10-13)11-17(19)20-8-9-21-16-7-3-6-15(18)12-16;/h2-7,10,12H,8-9,11H2,1H3,(H2,19,20);1H. The van der Waals surface area contributed by atoms with Gasteiger partial charge in [-0.25, -0.2) is 0 Å². The monoisotopic (exact) mass is 338 g/mol. The number of hydrogen-bond donors (Lipinski definition) is 1. The van der Waals surface area contributed by atoms with Crippen molar-refractivity contribution in [3.8, 4) is 5.75 Å². The molecular formula is C17H20Cl2N2O. The Kier molecular flexibility index (Phi) is 7.78. The maximum Gasteiger partial charge on any atom is 0.120 e. The lowest BCUT2D eigenvalue weighted by Gasteiger charge is -2.06. The van der Waals surface area contributed by atoms with Crippen LogP contribution >= 0.6 is 24.0 Å². The van der Waals surface area contributed by atoms with Crippen molar-refractivity contribution in [1.82, 2.24) is 0 Å². The predicted molar refractivity (Wildman–Crippen MR) is 95.6 cm³/mol. The minimum absolute atomic E-state index is 0. The van der Waals surface area contributed by atoms with E-state index in [0.717, 1.165) is 5.75 Å². The van der Waals surface area contributed by atoms with Crippen LogP contribution in [-0.4, -0.2) is 19.0 Å². The molecule has 0 aliphatic heterocycles. The molecule has 0 saturated carbocycles. The first-order valence-corrected chi connectivity index (χ1v) is 7.24. The zero-order valence-electron chi connectivity index (χ0n) is 12.5. The summed E-state index contributed by atoms with van der Waals surface area (Å²) in [7, 11) is 0. The van der Waals surface area contributed by atoms with Crippen LogP contribution in [0.2, 0.25) is 5.02 Å². The van der Waals surface area contributed by atoms with E-state index in [2.05, 4.69) is 30.1 Å². The molecule has 5 heteroatoms. The second-order valence-electron chi connectivity index (χ2n) is 4.84. The Morgan fingerprint density at radius 2 is 1.95 bits per heavy atom. The molecule has 0 bridgehead atoms. The predicted octanol–water partition coefficient (Wildman–Crippen LogP) is 4.05. The van der Waals surface area contributed by atoms with Gasteiger partial charge in [0.15, 0.2) is 0 Å². The first kappa shape index (κ1) is 18.3. The van der Waals surface area contributed by atoms with Gasteiger partial charge < -0.3 is 10.5 Å². The second-order valence-corrected chi connectivity index (χ2v) is 5.28. The van der Waals surface area contributed by atoms with E-state index in [1.54, 1.807) is 6.07 Å². The third-order valence-electron chi connectivity index (χ3n) is 2.94. The number of amidine groups is 1. The molecule has 0 aliphatic rings. The molecule has 0 aromatic heterocycles. The first-order valence-electron chi connectivity index (χ1n) is 6.86. The fraction of sp³-hybridized carbons (Fsp3) is 0.235. The maximum absolute atomic E-state index is 5.93. The number of benzene rings is 2. The number of hydrogen-bond acceptors (Lipinski definition) is 2. The molecule has 0 fully saturated rings. The van der Waals surface area contributed by atoms with Crippen LogP contribution in [0, 0.1) is 6.92 Å². The molecule has 3 nitrogen and oxygen atoms in total. The first-order chi connectivity index (χ1) is 10.1. The number of nitrogens with zero attached hydrogens (tertiary/aromatic N) is 1. The van der Waals surface area contributed by atoms with E-state index in [1.165, 1.54) is 11.1 Å². The van der Waals surface area contributed by atoms with Crippen LogP contribution < -0.4 is 10.5 Å². The molecule has 0 radical (unpaired) electrons. The van der Waals surface area contributed by atoms with Crippen LogP contribution in [-0.2, 0) is 6.42 Å². The number of ether oxygens (including phenoxy) is 1. The molecule has 0 saturated heterocycles. The smallest absolute Gasteiger partial charge is 0.120 e. The van der Waals surface area contributed by atoms with E-state index in [0.29, 0.717) is 30.4 Å². The van der Waals surface area contributed by atoms with E-state index >= 15 is 0 Å². The SMILES string of the molecule is Cc1cccc(CC(N)=NCCOc2cccc(Cl)c2)c1.Cl. The number of nitrogens with two attached hydrogens (primary N) is 1. The van der Waals surface area contributed by atoms with Gasteiger partial charge in [0.1, 0.15) is 12.4 Å². The zero-order valence-corrected chi connectivity index (χ0v) is 14.0. The molecule has 2 N–H and O–H groups in total. The topological polar surface area (TPSA) is 47.6 Å². The van der Waals surface area contributed by atoms with E-state index in [9.17, 15) is 0 Å². The van der Waals surface area contributed by atoms with Crippen LogP contribution in [0.3, 0.4) is 0 Å². The highest BCUT2D eigenvalue weighted by Gasteiger charge is 1.98. The molecule has 0 unspecified atom stereocenters. The van der Waals surface area contributed by atoms with Crippen molar-refractivity contribution in [2.75, 3.05) is 13.2 Å². The summed E-state index contributed by atoms with van der Waals surface area (Å²) in [6.07, 6.45) is 0.666. The molecule has 0 atom stereocenters. The van der Waals surface area contributed by atoms with Gasteiger partial charge in [-0.15, -0.1) is 12.4 Å². The van der Waals surface area contributed by atoms with Crippen molar-refractivity contribution in [2.45, 2.75) is 13.3 Å². The number of rotatable bonds is 6. The fourth-order valence-corrected chi connectivity index (χ4v) is 2.18. The van der Waals surface area contributed by atoms with Gasteiger partial charge in [-0.2, -0.15) is 0 Å². The molecule has 2 aromatic rings. The van der Waals surface area contributed by atoms with Crippen molar-refractivity contribution >= 4 is 29.8 Å². The Morgan fingerprint density at radius 3 is 2.68 bits per heavy atom. The van der Waals surface area contributed by atoms with Gasteiger partial charge in [0.05, 0.1) is 12.4 Å². The minimum Gasteiger partial charge on any atom is -0.492 e. The van der Waals surface area contributed by atoms with Crippen molar-refractivity contribution in [2.24, 2.45) is 10.7 Å². The summed E-state index contributed by atoms with van der Waals surface area (Å²) < 4.78 is 5.56. The molecule has 0 heterocycles. The van der Waals surface area contributed by atoms with Crippen LogP contribution in [0.15, 0.2) is 53.5 Å². The van der Waals surface area contributed by atoms with E-state index in [-0.39, 0.29) is 12.4 Å². The fourth-order valence-electron chi connectivity index (χ4n) is 2.00. The van der Waals surface area contributed by atoms with Gasteiger partial charge in [0, 0.05) is 11.4 Å². The Labute approximate surface area is 142 Å². The summed E-state index contributed by atoms with van der Waals surface area (Å²) in [5.41, 5.74) is 8.33. The minimum atomic E-state index is 0. The van der Waals surface area contributed by atoms with Gasteiger partial charge in [-0.05, 0) is 30.7 Å². The third kappa shape index (κ3) is 6.37. The number of aryl methyl sites for hydroxylation is 1. The lowest BCUT2D eigenvalue weighted by Crippen LogP contribution is -2.17.